The van der Waals surface area contributed by atoms with Crippen molar-refractivity contribution in [2.45, 2.75) is 32.7 Å². The molecule has 1 rings (SSSR count). The molecule has 1 heterocycles. The molecular weight excluding hydrogens is 326 g/mol. The third-order valence-corrected chi connectivity index (χ3v) is 3.70. The number of halogens is 2. The quantitative estimate of drug-likeness (QED) is 0.469. The Kier molecular flexibility index (Phi) is 5.60. The van der Waals surface area contributed by atoms with Gasteiger partial charge in [-0.05, 0) is 42.4 Å². The number of rotatable bonds is 5. The Morgan fingerprint density at radius 1 is 1.47 bits per heavy atom. The topological polar surface area (TPSA) is 34.9 Å². The lowest BCUT2D eigenvalue weighted by Crippen LogP contribution is -2.24. The van der Waals surface area contributed by atoms with Crippen molar-refractivity contribution in [3.63, 3.8) is 0 Å². The second-order valence-corrected chi connectivity index (χ2v) is 4.85. The Hall–Kier alpha value is -0.100. The number of hydrogen-bond acceptors (Lipinski definition) is 2. The number of nitrogens with zero attached hydrogens (tertiary/aromatic N) is 2. The normalized spacial score (nSPS) is 10.6. The summed E-state index contributed by atoms with van der Waals surface area (Å²) in [5.74, 6) is 0.693. The largest absolute Gasteiger partial charge is 0.298 e. The molecule has 0 bridgehead atoms. The molecule has 5 heteroatoms. The summed E-state index contributed by atoms with van der Waals surface area (Å²) in [5, 5.41) is 0. The predicted octanol–water partition coefficient (Wildman–Crippen LogP) is 2.57. The standard InChI is InChI=1S/C10H14ClIN2O/c1-8-9(12)10(15)14(7-13-8)6-4-2-3-5-11/h7H,2-6H2,1H3. The molecule has 0 saturated heterocycles. The van der Waals surface area contributed by atoms with Crippen LogP contribution in [-0.2, 0) is 6.54 Å². The lowest BCUT2D eigenvalue weighted by Gasteiger charge is -2.06. The summed E-state index contributed by atoms with van der Waals surface area (Å²) in [6.45, 7) is 2.58. The highest BCUT2D eigenvalue weighted by atomic mass is 127. The first-order valence-electron chi connectivity index (χ1n) is 4.94. The second-order valence-electron chi connectivity index (χ2n) is 3.39. The van der Waals surface area contributed by atoms with E-state index in [1.54, 1.807) is 10.9 Å². The fraction of sp³-hybridized carbons (Fsp3) is 0.600. The molecule has 1 aromatic heterocycles. The molecule has 0 fully saturated rings. The molecule has 0 aromatic carbocycles. The first kappa shape index (κ1) is 13.0. The van der Waals surface area contributed by atoms with Gasteiger partial charge in [0.15, 0.2) is 0 Å². The van der Waals surface area contributed by atoms with Crippen molar-refractivity contribution in [2.24, 2.45) is 0 Å². The number of aryl methyl sites for hydroxylation is 2. The fourth-order valence-electron chi connectivity index (χ4n) is 1.26. The van der Waals surface area contributed by atoms with Gasteiger partial charge in [-0.15, -0.1) is 11.6 Å². The molecule has 0 aliphatic heterocycles. The molecule has 0 N–H and O–H groups in total. The average Bonchev–Trinajstić information content (AvgIpc) is 2.24. The molecule has 0 saturated carbocycles. The zero-order valence-corrected chi connectivity index (χ0v) is 11.6. The van der Waals surface area contributed by atoms with Gasteiger partial charge in [-0.2, -0.15) is 0 Å². The van der Waals surface area contributed by atoms with E-state index in [2.05, 4.69) is 4.98 Å². The van der Waals surface area contributed by atoms with Crippen LogP contribution in [0, 0.1) is 10.5 Å². The van der Waals surface area contributed by atoms with Gasteiger partial charge in [-0.1, -0.05) is 6.42 Å². The molecule has 0 unspecified atom stereocenters. The van der Waals surface area contributed by atoms with Crippen LogP contribution in [0.2, 0.25) is 0 Å². The van der Waals surface area contributed by atoms with Crippen LogP contribution in [0.25, 0.3) is 0 Å². The maximum Gasteiger partial charge on any atom is 0.266 e. The van der Waals surface area contributed by atoms with E-state index < -0.39 is 0 Å². The number of hydrogen-bond donors (Lipinski definition) is 0. The third kappa shape index (κ3) is 3.75. The monoisotopic (exact) mass is 340 g/mol. The first-order valence-corrected chi connectivity index (χ1v) is 6.55. The Balaban J connectivity index is 2.63. The van der Waals surface area contributed by atoms with Crippen molar-refractivity contribution in [1.82, 2.24) is 9.55 Å². The van der Waals surface area contributed by atoms with Crippen LogP contribution in [0.1, 0.15) is 25.0 Å². The lowest BCUT2D eigenvalue weighted by atomic mass is 10.2. The SMILES string of the molecule is Cc1ncn(CCCCCCl)c(=O)c1I. The maximum absolute atomic E-state index is 11.7. The zero-order valence-electron chi connectivity index (χ0n) is 8.67. The average molecular weight is 341 g/mol. The third-order valence-electron chi connectivity index (χ3n) is 2.19. The van der Waals surface area contributed by atoms with Crippen molar-refractivity contribution in [1.29, 1.82) is 0 Å². The van der Waals surface area contributed by atoms with E-state index >= 15 is 0 Å². The molecule has 1 aromatic rings. The highest BCUT2D eigenvalue weighted by Gasteiger charge is 2.04. The molecule has 0 atom stereocenters. The van der Waals surface area contributed by atoms with Crippen LogP contribution in [0.3, 0.4) is 0 Å². The van der Waals surface area contributed by atoms with Crippen molar-refractivity contribution in [3.05, 3.63) is 25.9 Å². The van der Waals surface area contributed by atoms with E-state index in [-0.39, 0.29) is 5.56 Å². The second kappa shape index (κ2) is 6.48. The molecule has 0 aliphatic rings. The molecular formula is C10H14ClIN2O. The fourth-order valence-corrected chi connectivity index (χ4v) is 1.90. The van der Waals surface area contributed by atoms with Gasteiger partial charge in [0, 0.05) is 12.4 Å². The van der Waals surface area contributed by atoms with Gasteiger partial charge in [0.05, 0.1) is 15.6 Å². The summed E-state index contributed by atoms with van der Waals surface area (Å²) < 4.78 is 2.38. The van der Waals surface area contributed by atoms with Crippen molar-refractivity contribution in [3.8, 4) is 0 Å². The number of alkyl halides is 1. The molecule has 84 valence electrons. The Morgan fingerprint density at radius 2 is 2.20 bits per heavy atom. The summed E-state index contributed by atoms with van der Waals surface area (Å²) in [5.41, 5.74) is 0.867. The molecule has 0 amide bonds. The van der Waals surface area contributed by atoms with Gasteiger partial charge < -0.3 is 0 Å². The van der Waals surface area contributed by atoms with E-state index in [1.165, 1.54) is 0 Å². The van der Waals surface area contributed by atoms with Gasteiger partial charge in [-0.25, -0.2) is 4.98 Å². The van der Waals surface area contributed by atoms with E-state index in [9.17, 15) is 4.79 Å². The minimum atomic E-state index is 0.0639. The maximum atomic E-state index is 11.7. The summed E-state index contributed by atoms with van der Waals surface area (Å²) >= 11 is 7.62. The smallest absolute Gasteiger partial charge is 0.266 e. The van der Waals surface area contributed by atoms with Gasteiger partial charge in [0.25, 0.3) is 5.56 Å². The van der Waals surface area contributed by atoms with Crippen LogP contribution < -0.4 is 5.56 Å². The summed E-state index contributed by atoms with van der Waals surface area (Å²) in [4.78, 5) is 15.9. The van der Waals surface area contributed by atoms with E-state index in [1.807, 2.05) is 29.5 Å². The molecule has 0 aliphatic carbocycles. The predicted molar refractivity (Wildman–Crippen MR) is 70.5 cm³/mol. The van der Waals surface area contributed by atoms with Gasteiger partial charge >= 0.3 is 0 Å². The number of aromatic nitrogens is 2. The van der Waals surface area contributed by atoms with E-state index in [0.29, 0.717) is 9.45 Å². The van der Waals surface area contributed by atoms with Crippen LogP contribution >= 0.6 is 34.2 Å². The Labute approximate surface area is 108 Å². The highest BCUT2D eigenvalue weighted by molar-refractivity contribution is 14.1. The van der Waals surface area contributed by atoms with Gasteiger partial charge in [0.2, 0.25) is 0 Å². The van der Waals surface area contributed by atoms with Crippen LogP contribution in [-0.4, -0.2) is 15.4 Å². The van der Waals surface area contributed by atoms with E-state index in [4.69, 9.17) is 11.6 Å². The molecule has 15 heavy (non-hydrogen) atoms. The van der Waals surface area contributed by atoms with Crippen molar-refractivity contribution >= 4 is 34.2 Å². The van der Waals surface area contributed by atoms with Crippen LogP contribution in [0.5, 0.6) is 0 Å². The Bertz CT molecular complexity index is 378. The minimum Gasteiger partial charge on any atom is -0.298 e. The van der Waals surface area contributed by atoms with Crippen LogP contribution in [0.4, 0.5) is 0 Å². The number of unbranched alkanes of at least 4 members (excludes halogenated alkanes) is 2. The molecule has 3 nitrogen and oxygen atoms in total. The minimum absolute atomic E-state index is 0.0639. The summed E-state index contributed by atoms with van der Waals surface area (Å²) in [7, 11) is 0. The Morgan fingerprint density at radius 3 is 2.87 bits per heavy atom. The van der Waals surface area contributed by atoms with Crippen LogP contribution in [0.15, 0.2) is 11.1 Å². The highest BCUT2D eigenvalue weighted by Crippen LogP contribution is 2.03. The molecule has 0 radical (unpaired) electrons. The summed E-state index contributed by atoms with van der Waals surface area (Å²) in [6, 6.07) is 0. The summed E-state index contributed by atoms with van der Waals surface area (Å²) in [6.07, 6.45) is 4.67. The van der Waals surface area contributed by atoms with E-state index in [0.717, 1.165) is 31.5 Å². The lowest BCUT2D eigenvalue weighted by molar-refractivity contribution is 0.577. The first-order chi connectivity index (χ1) is 7.16. The van der Waals surface area contributed by atoms with Gasteiger partial charge in [0.1, 0.15) is 0 Å². The van der Waals surface area contributed by atoms with Crippen molar-refractivity contribution in [2.75, 3.05) is 5.88 Å². The zero-order chi connectivity index (χ0) is 11.3. The van der Waals surface area contributed by atoms with Crippen molar-refractivity contribution < 1.29 is 0 Å². The van der Waals surface area contributed by atoms with Gasteiger partial charge in [-0.3, -0.25) is 9.36 Å². The molecule has 0 spiro atoms.